The summed E-state index contributed by atoms with van der Waals surface area (Å²) in [5.41, 5.74) is 0.726. The lowest BCUT2D eigenvalue weighted by molar-refractivity contribution is 0.0991. The fourth-order valence-electron chi connectivity index (χ4n) is 1.27. The molecule has 1 aromatic heterocycles. The Labute approximate surface area is 98.3 Å². The molecule has 0 aliphatic carbocycles. The molecule has 2 aromatic rings. The molecule has 0 saturated carbocycles. The Morgan fingerprint density at radius 1 is 1.27 bits per heavy atom. The molecule has 0 aliphatic rings. The smallest absolute Gasteiger partial charge is 0.170 e. The lowest BCUT2D eigenvalue weighted by Gasteiger charge is -1.97. The third-order valence-corrected chi connectivity index (χ3v) is 1.98. The number of ketones is 1. The van der Waals surface area contributed by atoms with E-state index >= 15 is 0 Å². The highest BCUT2D eigenvalue weighted by atomic mass is 79.9. The van der Waals surface area contributed by atoms with Crippen molar-refractivity contribution < 1.29 is 4.79 Å². The number of aromatic amines is 1. The number of hydrogen-bond donors (Lipinski definition) is 1. The van der Waals surface area contributed by atoms with E-state index in [-0.39, 0.29) is 22.8 Å². The van der Waals surface area contributed by atoms with Crippen LogP contribution in [0.5, 0.6) is 0 Å². The fraction of sp³-hybridized carbons (Fsp3) is 0.0909. The van der Waals surface area contributed by atoms with Crippen molar-refractivity contribution in [3.05, 3.63) is 54.1 Å². The van der Waals surface area contributed by atoms with Crippen LogP contribution < -0.4 is 0 Å². The van der Waals surface area contributed by atoms with Crippen LogP contribution in [0.15, 0.2) is 42.7 Å². The first-order valence-corrected chi connectivity index (χ1v) is 4.43. The summed E-state index contributed by atoms with van der Waals surface area (Å²) < 4.78 is 0. The van der Waals surface area contributed by atoms with Gasteiger partial charge in [0.15, 0.2) is 5.78 Å². The molecule has 78 valence electrons. The van der Waals surface area contributed by atoms with Gasteiger partial charge in [-0.2, -0.15) is 0 Å². The average Bonchev–Trinajstić information content (AvgIpc) is 2.72. The van der Waals surface area contributed by atoms with E-state index in [0.29, 0.717) is 12.2 Å². The van der Waals surface area contributed by atoms with Gasteiger partial charge in [-0.1, -0.05) is 30.3 Å². The number of benzene rings is 1. The average molecular weight is 267 g/mol. The van der Waals surface area contributed by atoms with Crippen molar-refractivity contribution in [3.8, 4) is 0 Å². The van der Waals surface area contributed by atoms with Gasteiger partial charge in [0.05, 0.1) is 6.42 Å². The SMILES string of the molecule is Br.O=C(Cc1ncc[nH]1)c1ccccc1. The van der Waals surface area contributed by atoms with Crippen LogP contribution in [-0.2, 0) is 6.42 Å². The Morgan fingerprint density at radius 3 is 2.60 bits per heavy atom. The summed E-state index contributed by atoms with van der Waals surface area (Å²) in [7, 11) is 0. The zero-order chi connectivity index (χ0) is 9.80. The number of rotatable bonds is 3. The number of halogens is 1. The van der Waals surface area contributed by atoms with E-state index in [0.717, 1.165) is 5.56 Å². The van der Waals surface area contributed by atoms with E-state index in [2.05, 4.69) is 9.97 Å². The predicted molar refractivity (Wildman–Crippen MR) is 63.4 cm³/mol. The second kappa shape index (κ2) is 5.46. The number of nitrogens with zero attached hydrogens (tertiary/aromatic N) is 1. The van der Waals surface area contributed by atoms with Crippen LogP contribution in [0.25, 0.3) is 0 Å². The molecule has 1 aromatic carbocycles. The summed E-state index contributed by atoms with van der Waals surface area (Å²) >= 11 is 0. The van der Waals surface area contributed by atoms with Gasteiger partial charge in [-0.3, -0.25) is 4.79 Å². The predicted octanol–water partition coefficient (Wildman–Crippen LogP) is 2.41. The van der Waals surface area contributed by atoms with Gasteiger partial charge < -0.3 is 4.98 Å². The van der Waals surface area contributed by atoms with Crippen molar-refractivity contribution in [1.29, 1.82) is 0 Å². The van der Waals surface area contributed by atoms with Crippen molar-refractivity contribution in [3.63, 3.8) is 0 Å². The largest absolute Gasteiger partial charge is 0.348 e. The van der Waals surface area contributed by atoms with Crippen molar-refractivity contribution in [2.45, 2.75) is 6.42 Å². The minimum atomic E-state index is 0. The molecule has 0 spiro atoms. The van der Waals surface area contributed by atoms with Crippen molar-refractivity contribution in [1.82, 2.24) is 9.97 Å². The minimum absolute atomic E-state index is 0. The lowest BCUT2D eigenvalue weighted by atomic mass is 10.1. The van der Waals surface area contributed by atoms with Crippen LogP contribution in [-0.4, -0.2) is 15.8 Å². The summed E-state index contributed by atoms with van der Waals surface area (Å²) in [6.45, 7) is 0. The number of Topliss-reactive ketones (excluding diaryl/α,β-unsaturated/α-hetero) is 1. The van der Waals surface area contributed by atoms with Crippen LogP contribution in [0.4, 0.5) is 0 Å². The number of H-pyrrole nitrogens is 1. The summed E-state index contributed by atoms with van der Waals surface area (Å²) in [5, 5.41) is 0. The van der Waals surface area contributed by atoms with Gasteiger partial charge in [-0.15, -0.1) is 17.0 Å². The van der Waals surface area contributed by atoms with E-state index in [1.165, 1.54) is 0 Å². The Kier molecular flexibility index (Phi) is 4.24. The van der Waals surface area contributed by atoms with Crippen molar-refractivity contribution in [2.75, 3.05) is 0 Å². The quantitative estimate of drug-likeness (QED) is 0.868. The summed E-state index contributed by atoms with van der Waals surface area (Å²) in [5.74, 6) is 0.791. The maximum Gasteiger partial charge on any atom is 0.170 e. The second-order valence-electron chi connectivity index (χ2n) is 3.00. The Hall–Kier alpha value is -1.42. The molecular formula is C11H11BrN2O. The third kappa shape index (κ3) is 3.02. The second-order valence-corrected chi connectivity index (χ2v) is 3.00. The highest BCUT2D eigenvalue weighted by molar-refractivity contribution is 8.93. The monoisotopic (exact) mass is 266 g/mol. The number of hydrogen-bond acceptors (Lipinski definition) is 2. The van der Waals surface area contributed by atoms with Gasteiger partial charge in [0, 0.05) is 18.0 Å². The van der Waals surface area contributed by atoms with Gasteiger partial charge in [0.1, 0.15) is 5.82 Å². The normalized spacial score (nSPS) is 9.33. The molecule has 0 bridgehead atoms. The molecule has 3 nitrogen and oxygen atoms in total. The first-order chi connectivity index (χ1) is 6.86. The number of aromatic nitrogens is 2. The van der Waals surface area contributed by atoms with E-state index in [9.17, 15) is 4.79 Å². The van der Waals surface area contributed by atoms with Crippen LogP contribution in [0.3, 0.4) is 0 Å². The van der Waals surface area contributed by atoms with Crippen LogP contribution >= 0.6 is 17.0 Å². The summed E-state index contributed by atoms with van der Waals surface area (Å²) in [6.07, 6.45) is 3.69. The minimum Gasteiger partial charge on any atom is -0.348 e. The number of nitrogens with one attached hydrogen (secondary N) is 1. The van der Waals surface area contributed by atoms with E-state index in [1.54, 1.807) is 12.4 Å². The zero-order valence-electron chi connectivity index (χ0n) is 8.01. The van der Waals surface area contributed by atoms with Gasteiger partial charge in [-0.05, 0) is 0 Å². The molecule has 0 saturated heterocycles. The van der Waals surface area contributed by atoms with Crippen molar-refractivity contribution >= 4 is 22.8 Å². The van der Waals surface area contributed by atoms with E-state index < -0.39 is 0 Å². The summed E-state index contributed by atoms with van der Waals surface area (Å²) in [6, 6.07) is 9.23. The summed E-state index contributed by atoms with van der Waals surface area (Å²) in [4.78, 5) is 18.6. The topological polar surface area (TPSA) is 45.8 Å². The highest BCUT2D eigenvalue weighted by Gasteiger charge is 2.06. The lowest BCUT2D eigenvalue weighted by Crippen LogP contribution is -2.04. The van der Waals surface area contributed by atoms with E-state index in [4.69, 9.17) is 0 Å². The number of carbonyl (C=O) groups is 1. The number of carbonyl (C=O) groups excluding carboxylic acids is 1. The first-order valence-electron chi connectivity index (χ1n) is 4.43. The molecule has 0 radical (unpaired) electrons. The maximum absolute atomic E-state index is 11.7. The fourth-order valence-corrected chi connectivity index (χ4v) is 1.27. The van der Waals surface area contributed by atoms with E-state index in [1.807, 2.05) is 30.3 Å². The van der Waals surface area contributed by atoms with Crippen molar-refractivity contribution in [2.24, 2.45) is 0 Å². The van der Waals surface area contributed by atoms with Gasteiger partial charge in [0.2, 0.25) is 0 Å². The van der Waals surface area contributed by atoms with Crippen LogP contribution in [0, 0.1) is 0 Å². The van der Waals surface area contributed by atoms with Gasteiger partial charge in [-0.25, -0.2) is 4.98 Å². The van der Waals surface area contributed by atoms with Crippen LogP contribution in [0.2, 0.25) is 0 Å². The number of imidazole rings is 1. The Bertz CT molecular complexity index is 411. The standard InChI is InChI=1S/C11H10N2O.BrH/c14-10(8-11-12-6-7-13-11)9-4-2-1-3-5-9;/h1-7H,8H2,(H,12,13);1H. The maximum atomic E-state index is 11.7. The molecule has 4 heteroatoms. The molecule has 0 atom stereocenters. The Morgan fingerprint density at radius 2 is 2.00 bits per heavy atom. The molecule has 0 amide bonds. The third-order valence-electron chi connectivity index (χ3n) is 1.98. The molecule has 1 N–H and O–H groups in total. The molecule has 15 heavy (non-hydrogen) atoms. The molecule has 0 aliphatic heterocycles. The highest BCUT2D eigenvalue weighted by Crippen LogP contribution is 2.03. The first kappa shape index (κ1) is 11.7. The van der Waals surface area contributed by atoms with Gasteiger partial charge in [0.25, 0.3) is 0 Å². The zero-order valence-corrected chi connectivity index (χ0v) is 9.73. The Balaban J connectivity index is 0.00000112. The molecule has 0 unspecified atom stereocenters. The molecule has 2 rings (SSSR count). The molecule has 1 heterocycles. The molecule has 0 fully saturated rings. The van der Waals surface area contributed by atoms with Crippen LogP contribution in [0.1, 0.15) is 16.2 Å². The van der Waals surface area contributed by atoms with Gasteiger partial charge >= 0.3 is 0 Å². The molecular weight excluding hydrogens is 256 g/mol.